The van der Waals surface area contributed by atoms with Crippen LogP contribution in [0.1, 0.15) is 5.69 Å². The third kappa shape index (κ3) is 4.09. The highest BCUT2D eigenvalue weighted by Crippen LogP contribution is 2.34. The fourth-order valence-corrected chi connectivity index (χ4v) is 3.12. The van der Waals surface area contributed by atoms with E-state index in [2.05, 4.69) is 15.6 Å². The molecule has 2 aromatic rings. The number of carbonyl (C=O) groups excluding carboxylic acids is 2. The normalized spacial score (nSPS) is 12.1. The predicted octanol–water partition coefficient (Wildman–Crippen LogP) is 0.581. The molecule has 26 heavy (non-hydrogen) atoms. The van der Waals surface area contributed by atoms with E-state index >= 15 is 0 Å². The van der Waals surface area contributed by atoms with Gasteiger partial charge in [0.15, 0.2) is 16.7 Å². The number of likely N-dealkylation sites (N-methyl/N-ethyl adjacent to an activating group) is 1. The van der Waals surface area contributed by atoms with Crippen LogP contribution in [0.2, 0.25) is 0 Å². The van der Waals surface area contributed by atoms with Crippen LogP contribution in [0.4, 0.5) is 5.69 Å². The number of imidazole rings is 1. The number of carbonyl (C=O) groups is 2. The van der Waals surface area contributed by atoms with Crippen LogP contribution in [0, 0.1) is 0 Å². The molecule has 0 fully saturated rings. The summed E-state index contributed by atoms with van der Waals surface area (Å²) in [4.78, 5) is 28.0. The van der Waals surface area contributed by atoms with E-state index < -0.39 is 0 Å². The Morgan fingerprint density at radius 3 is 2.88 bits per heavy atom. The van der Waals surface area contributed by atoms with Crippen molar-refractivity contribution in [1.29, 1.82) is 0 Å². The first-order valence-electron chi connectivity index (χ1n) is 7.79. The minimum atomic E-state index is -0.242. The lowest BCUT2D eigenvalue weighted by atomic mass is 10.3. The highest BCUT2D eigenvalue weighted by molar-refractivity contribution is 7.99. The van der Waals surface area contributed by atoms with Crippen molar-refractivity contribution in [1.82, 2.24) is 14.9 Å². The van der Waals surface area contributed by atoms with Crippen molar-refractivity contribution in [3.63, 3.8) is 0 Å². The monoisotopic (exact) mass is 378 g/mol. The summed E-state index contributed by atoms with van der Waals surface area (Å²) in [5.74, 6) is 0.886. The highest BCUT2D eigenvalue weighted by atomic mass is 32.2. The van der Waals surface area contributed by atoms with Crippen LogP contribution in [-0.2, 0) is 22.7 Å². The van der Waals surface area contributed by atoms with Crippen molar-refractivity contribution in [2.75, 3.05) is 24.9 Å². The smallest absolute Gasteiger partial charge is 0.239 e. The number of aliphatic hydroxyl groups is 1. The van der Waals surface area contributed by atoms with E-state index in [1.54, 1.807) is 22.8 Å². The second-order valence-electron chi connectivity index (χ2n) is 5.35. The number of rotatable bonds is 7. The lowest BCUT2D eigenvalue weighted by Gasteiger charge is -2.10. The number of fused-ring (bicyclic) bond motifs is 1. The molecular weight excluding hydrogens is 360 g/mol. The largest absolute Gasteiger partial charge is 0.454 e. The number of amides is 2. The number of benzene rings is 1. The molecule has 9 nitrogen and oxygen atoms in total. The van der Waals surface area contributed by atoms with Crippen molar-refractivity contribution < 1.29 is 24.2 Å². The van der Waals surface area contributed by atoms with Crippen molar-refractivity contribution in [2.24, 2.45) is 0 Å². The Morgan fingerprint density at radius 1 is 1.31 bits per heavy atom. The Balaban J connectivity index is 1.61. The average molecular weight is 378 g/mol. The average Bonchev–Trinajstić information content (AvgIpc) is 3.26. The van der Waals surface area contributed by atoms with Crippen molar-refractivity contribution in [3.8, 4) is 11.5 Å². The maximum atomic E-state index is 12.2. The molecule has 0 bridgehead atoms. The van der Waals surface area contributed by atoms with Crippen LogP contribution in [0.15, 0.2) is 29.6 Å². The maximum absolute atomic E-state index is 12.2. The van der Waals surface area contributed by atoms with Crippen LogP contribution in [0.3, 0.4) is 0 Å². The number of hydrogen-bond donors (Lipinski definition) is 3. The second-order valence-corrected chi connectivity index (χ2v) is 6.30. The molecule has 0 spiro atoms. The molecule has 10 heteroatoms. The van der Waals surface area contributed by atoms with E-state index in [0.29, 0.717) is 28.0 Å². The Morgan fingerprint density at radius 2 is 2.12 bits per heavy atom. The van der Waals surface area contributed by atoms with Gasteiger partial charge in [-0.3, -0.25) is 9.59 Å². The zero-order valence-corrected chi connectivity index (χ0v) is 14.8. The maximum Gasteiger partial charge on any atom is 0.239 e. The summed E-state index contributed by atoms with van der Waals surface area (Å²) in [5, 5.41) is 15.1. The Bertz CT molecular complexity index is 823. The molecular formula is C16H18N4O5S. The molecule has 0 saturated heterocycles. The SMILES string of the molecule is CNC(=O)Cn1c(CO)cnc1SCC(=O)Nc1ccc2c(c1)OCO2. The van der Waals surface area contributed by atoms with E-state index in [0.717, 1.165) is 0 Å². The second kappa shape index (κ2) is 8.11. The van der Waals surface area contributed by atoms with E-state index in [1.165, 1.54) is 25.0 Å². The molecule has 0 atom stereocenters. The topological polar surface area (TPSA) is 115 Å². The highest BCUT2D eigenvalue weighted by Gasteiger charge is 2.16. The van der Waals surface area contributed by atoms with Gasteiger partial charge in [0, 0.05) is 18.8 Å². The molecule has 2 heterocycles. The summed E-state index contributed by atoms with van der Waals surface area (Å²) in [6, 6.07) is 5.16. The quantitative estimate of drug-likeness (QED) is 0.604. The third-order valence-corrected chi connectivity index (χ3v) is 4.62. The van der Waals surface area contributed by atoms with Crippen LogP contribution >= 0.6 is 11.8 Å². The molecule has 1 aromatic carbocycles. The van der Waals surface area contributed by atoms with Gasteiger partial charge in [0.2, 0.25) is 18.6 Å². The number of nitrogens with one attached hydrogen (secondary N) is 2. The molecule has 0 unspecified atom stereocenters. The molecule has 3 N–H and O–H groups in total. The number of aromatic nitrogens is 2. The van der Waals surface area contributed by atoms with Gasteiger partial charge in [0.1, 0.15) is 6.54 Å². The summed E-state index contributed by atoms with van der Waals surface area (Å²) in [6.45, 7) is -0.0454. The fraction of sp³-hybridized carbons (Fsp3) is 0.312. The zero-order valence-electron chi connectivity index (χ0n) is 14.0. The number of nitrogens with zero attached hydrogens (tertiary/aromatic N) is 2. The van der Waals surface area contributed by atoms with Gasteiger partial charge in [-0.15, -0.1) is 0 Å². The van der Waals surface area contributed by atoms with Crippen molar-refractivity contribution in [2.45, 2.75) is 18.3 Å². The number of hydrogen-bond acceptors (Lipinski definition) is 7. The summed E-state index contributed by atoms with van der Waals surface area (Å²) < 4.78 is 12.1. The molecule has 1 aliphatic heterocycles. The lowest BCUT2D eigenvalue weighted by molar-refractivity contribution is -0.121. The Labute approximate surface area is 153 Å². The first-order chi connectivity index (χ1) is 12.6. The number of thioether (sulfide) groups is 1. The molecule has 3 rings (SSSR count). The van der Waals surface area contributed by atoms with E-state index in [-0.39, 0.29) is 37.5 Å². The molecule has 0 radical (unpaired) electrons. The summed E-state index contributed by atoms with van der Waals surface area (Å²) in [7, 11) is 1.53. The van der Waals surface area contributed by atoms with Gasteiger partial charge in [0.25, 0.3) is 0 Å². The summed E-state index contributed by atoms with van der Waals surface area (Å²) in [5.41, 5.74) is 1.11. The van der Waals surface area contributed by atoms with Gasteiger partial charge in [0.05, 0.1) is 24.3 Å². The van der Waals surface area contributed by atoms with E-state index in [4.69, 9.17) is 9.47 Å². The number of anilines is 1. The van der Waals surface area contributed by atoms with Crippen LogP contribution in [0.25, 0.3) is 0 Å². The molecule has 138 valence electrons. The van der Waals surface area contributed by atoms with E-state index in [9.17, 15) is 14.7 Å². The molecule has 1 aromatic heterocycles. The molecule has 1 aliphatic rings. The molecule has 2 amide bonds. The van der Waals surface area contributed by atoms with Crippen molar-refractivity contribution >= 4 is 29.3 Å². The predicted molar refractivity (Wildman–Crippen MR) is 94.1 cm³/mol. The first-order valence-corrected chi connectivity index (χ1v) is 8.77. The Hall–Kier alpha value is -2.72. The Kier molecular flexibility index (Phi) is 5.64. The number of ether oxygens (including phenoxy) is 2. The minimum absolute atomic E-state index is 0.0263. The molecule has 0 aliphatic carbocycles. The van der Waals surface area contributed by atoms with E-state index in [1.807, 2.05) is 0 Å². The summed E-state index contributed by atoms with van der Waals surface area (Å²) >= 11 is 1.18. The van der Waals surface area contributed by atoms with Gasteiger partial charge in [-0.1, -0.05) is 11.8 Å². The van der Waals surface area contributed by atoms with Gasteiger partial charge >= 0.3 is 0 Å². The first kappa shape index (κ1) is 18.1. The van der Waals surface area contributed by atoms with Crippen LogP contribution in [-0.4, -0.2) is 46.1 Å². The van der Waals surface area contributed by atoms with Gasteiger partial charge < -0.3 is 29.8 Å². The minimum Gasteiger partial charge on any atom is -0.454 e. The lowest BCUT2D eigenvalue weighted by Crippen LogP contribution is -2.25. The third-order valence-electron chi connectivity index (χ3n) is 3.63. The van der Waals surface area contributed by atoms with Gasteiger partial charge in [-0.2, -0.15) is 0 Å². The molecule has 0 saturated carbocycles. The summed E-state index contributed by atoms with van der Waals surface area (Å²) in [6.07, 6.45) is 1.49. The fourth-order valence-electron chi connectivity index (χ4n) is 2.33. The van der Waals surface area contributed by atoms with Crippen LogP contribution < -0.4 is 20.1 Å². The zero-order chi connectivity index (χ0) is 18.5. The van der Waals surface area contributed by atoms with Crippen LogP contribution in [0.5, 0.6) is 11.5 Å². The standard InChI is InChI=1S/C16H18N4O5S/c1-17-14(22)6-20-11(7-21)5-18-16(20)26-8-15(23)19-10-2-3-12-13(4-10)25-9-24-12/h2-5,21H,6-9H2,1H3,(H,17,22)(H,19,23). The number of aliphatic hydroxyl groups excluding tert-OH is 1. The van der Waals surface area contributed by atoms with Gasteiger partial charge in [-0.05, 0) is 12.1 Å². The van der Waals surface area contributed by atoms with Gasteiger partial charge in [-0.25, -0.2) is 4.98 Å². The van der Waals surface area contributed by atoms with Crippen molar-refractivity contribution in [3.05, 3.63) is 30.1 Å².